The topological polar surface area (TPSA) is 127 Å². The van der Waals surface area contributed by atoms with Crippen molar-refractivity contribution in [1.82, 2.24) is 25.5 Å². The maximum Gasteiger partial charge on any atom is 0.322 e. The zero-order valence-corrected chi connectivity index (χ0v) is 15.3. The van der Waals surface area contributed by atoms with Crippen LogP contribution in [0, 0.1) is 0 Å². The number of imide groups is 1. The number of hydrogen-bond acceptors (Lipinski definition) is 7. The maximum absolute atomic E-state index is 13.0. The predicted molar refractivity (Wildman–Crippen MR) is 97.9 cm³/mol. The highest BCUT2D eigenvalue weighted by Gasteiger charge is 2.53. The Bertz CT molecular complexity index is 1160. The van der Waals surface area contributed by atoms with Crippen LogP contribution in [0.1, 0.15) is 21.7 Å². The molecule has 29 heavy (non-hydrogen) atoms. The molecule has 4 amide bonds. The summed E-state index contributed by atoms with van der Waals surface area (Å²) >= 11 is 0. The summed E-state index contributed by atoms with van der Waals surface area (Å²) in [6, 6.07) is 6.18. The summed E-state index contributed by atoms with van der Waals surface area (Å²) in [5.41, 5.74) is 0.0227. The smallest absolute Gasteiger partial charge is 0.322 e. The Morgan fingerprint density at radius 2 is 2.14 bits per heavy atom. The van der Waals surface area contributed by atoms with Gasteiger partial charge in [-0.3, -0.25) is 14.9 Å². The van der Waals surface area contributed by atoms with Crippen LogP contribution in [0.15, 0.2) is 41.2 Å². The van der Waals surface area contributed by atoms with E-state index in [-0.39, 0.29) is 23.9 Å². The highest BCUT2D eigenvalue weighted by molar-refractivity contribution is 6.08. The van der Waals surface area contributed by atoms with Crippen LogP contribution in [0.5, 0.6) is 5.75 Å². The molecule has 0 bridgehead atoms. The van der Waals surface area contributed by atoms with Gasteiger partial charge in [0.2, 0.25) is 5.71 Å². The van der Waals surface area contributed by atoms with E-state index in [1.54, 1.807) is 24.4 Å². The normalized spacial score (nSPS) is 20.7. The van der Waals surface area contributed by atoms with Crippen LogP contribution < -0.4 is 15.4 Å². The van der Waals surface area contributed by atoms with Gasteiger partial charge in [-0.15, -0.1) is 0 Å². The Labute approximate surface area is 163 Å². The predicted octanol–water partition coefficient (Wildman–Crippen LogP) is 0.922. The number of rotatable bonds is 4. The molecule has 146 valence electrons. The number of methoxy groups -OCH3 is 1. The fourth-order valence-electron chi connectivity index (χ4n) is 3.73. The second kappa shape index (κ2) is 6.03. The van der Waals surface area contributed by atoms with Crippen molar-refractivity contribution in [2.24, 2.45) is 0 Å². The van der Waals surface area contributed by atoms with E-state index in [0.29, 0.717) is 23.2 Å². The van der Waals surface area contributed by atoms with Gasteiger partial charge >= 0.3 is 6.03 Å². The zero-order chi connectivity index (χ0) is 20.2. The molecule has 2 aromatic heterocycles. The van der Waals surface area contributed by atoms with E-state index in [1.807, 2.05) is 6.07 Å². The molecule has 1 aromatic carbocycles. The van der Waals surface area contributed by atoms with Gasteiger partial charge in [0.25, 0.3) is 11.8 Å². The minimum Gasteiger partial charge on any atom is -0.497 e. The molecule has 4 heterocycles. The number of furan rings is 1. The molecule has 1 saturated heterocycles. The van der Waals surface area contributed by atoms with E-state index in [0.717, 1.165) is 5.56 Å². The Kier molecular flexibility index (Phi) is 3.57. The molecule has 0 saturated carbocycles. The zero-order valence-electron chi connectivity index (χ0n) is 15.3. The first-order valence-corrected chi connectivity index (χ1v) is 8.80. The fourth-order valence-corrected chi connectivity index (χ4v) is 3.73. The number of carbonyl (C=O) groups is 3. The van der Waals surface area contributed by atoms with Crippen LogP contribution in [0.25, 0.3) is 11.1 Å². The summed E-state index contributed by atoms with van der Waals surface area (Å²) < 4.78 is 10.9. The number of amides is 4. The number of hydrogen-bond donors (Lipinski definition) is 2. The molecule has 0 unspecified atom stereocenters. The molecule has 1 fully saturated rings. The van der Waals surface area contributed by atoms with Crippen LogP contribution in [0.2, 0.25) is 0 Å². The molecule has 0 aliphatic carbocycles. The van der Waals surface area contributed by atoms with Gasteiger partial charge in [0.05, 0.1) is 19.0 Å². The first kappa shape index (κ1) is 17.2. The maximum atomic E-state index is 13.0. The number of aromatic nitrogens is 2. The van der Waals surface area contributed by atoms with E-state index in [9.17, 15) is 14.4 Å². The number of urea groups is 1. The Morgan fingerprint density at radius 1 is 1.28 bits per heavy atom. The highest BCUT2D eigenvalue weighted by atomic mass is 16.5. The largest absolute Gasteiger partial charge is 0.497 e. The van der Waals surface area contributed by atoms with Crippen LogP contribution in [0.3, 0.4) is 0 Å². The second-order valence-corrected chi connectivity index (χ2v) is 6.89. The van der Waals surface area contributed by atoms with Crippen molar-refractivity contribution in [3.63, 3.8) is 0 Å². The third-order valence-corrected chi connectivity index (χ3v) is 5.18. The fraction of sp³-hybridized carbons (Fsp3) is 0.211. The lowest BCUT2D eigenvalue weighted by atomic mass is 9.95. The first-order chi connectivity index (χ1) is 14.0. The minimum absolute atomic E-state index is 0.104. The molecule has 10 nitrogen and oxygen atoms in total. The van der Waals surface area contributed by atoms with Crippen molar-refractivity contribution in [2.75, 3.05) is 13.7 Å². The van der Waals surface area contributed by atoms with Crippen molar-refractivity contribution in [3.05, 3.63) is 53.7 Å². The van der Waals surface area contributed by atoms with Gasteiger partial charge in [-0.05, 0) is 23.8 Å². The number of carbonyl (C=O) groups excluding carboxylic acids is 3. The lowest BCUT2D eigenvalue weighted by Gasteiger charge is -2.28. The van der Waals surface area contributed by atoms with E-state index in [2.05, 4.69) is 20.6 Å². The Balaban J connectivity index is 1.54. The molecule has 2 aliphatic rings. The van der Waals surface area contributed by atoms with Crippen molar-refractivity contribution in [1.29, 1.82) is 0 Å². The monoisotopic (exact) mass is 393 g/mol. The van der Waals surface area contributed by atoms with Gasteiger partial charge in [0, 0.05) is 18.3 Å². The minimum atomic E-state index is -1.57. The summed E-state index contributed by atoms with van der Waals surface area (Å²) in [5.74, 6) is -0.118. The van der Waals surface area contributed by atoms with Gasteiger partial charge in [0.1, 0.15) is 17.8 Å². The van der Waals surface area contributed by atoms with Crippen LogP contribution in [-0.2, 0) is 16.9 Å². The molecule has 0 spiro atoms. The number of nitrogens with one attached hydrogen (secondary N) is 2. The molecule has 5 rings (SSSR count). The number of fused-ring (bicyclic) bond motifs is 2. The molecule has 2 aliphatic heterocycles. The number of ether oxygens (including phenoxy) is 1. The van der Waals surface area contributed by atoms with Crippen LogP contribution in [0.4, 0.5) is 4.79 Å². The molecular formula is C19H15N5O5. The van der Waals surface area contributed by atoms with Crippen molar-refractivity contribution in [3.8, 4) is 5.75 Å². The van der Waals surface area contributed by atoms with Crippen LogP contribution in [-0.4, -0.2) is 46.4 Å². The van der Waals surface area contributed by atoms with Crippen molar-refractivity contribution >= 4 is 28.9 Å². The number of nitrogens with zero attached hydrogens (tertiary/aromatic N) is 3. The van der Waals surface area contributed by atoms with Gasteiger partial charge in [0.15, 0.2) is 5.54 Å². The second-order valence-electron chi connectivity index (χ2n) is 6.89. The summed E-state index contributed by atoms with van der Waals surface area (Å²) in [7, 11) is 1.52. The molecule has 3 aromatic rings. The van der Waals surface area contributed by atoms with E-state index in [4.69, 9.17) is 9.15 Å². The summed E-state index contributed by atoms with van der Waals surface area (Å²) in [5, 5.41) is 5.45. The summed E-state index contributed by atoms with van der Waals surface area (Å²) in [6.07, 6.45) is 2.87. The van der Waals surface area contributed by atoms with Gasteiger partial charge in [-0.25, -0.2) is 14.8 Å². The summed E-state index contributed by atoms with van der Waals surface area (Å²) in [4.78, 5) is 47.2. The van der Waals surface area contributed by atoms with Gasteiger partial charge in [-0.1, -0.05) is 6.07 Å². The highest BCUT2D eigenvalue weighted by Crippen LogP contribution is 2.34. The van der Waals surface area contributed by atoms with Crippen molar-refractivity contribution < 1.29 is 23.5 Å². The Morgan fingerprint density at radius 3 is 2.86 bits per heavy atom. The lowest BCUT2D eigenvalue weighted by molar-refractivity contribution is -0.125. The first-order valence-electron chi connectivity index (χ1n) is 8.80. The lowest BCUT2D eigenvalue weighted by Crippen LogP contribution is -2.52. The average Bonchev–Trinajstić information content (AvgIpc) is 3.36. The third-order valence-electron chi connectivity index (χ3n) is 5.18. The standard InChI is InChI=1S/C19H15N5O5/c1-28-12-3-2-10-7-24(16(25)13(10)5-12)8-19(17(26)22-18(27)23-19)14-4-11-6-20-9-21-15(11)29-14/h2-6,9H,7-8H2,1H3,(H2,22,23,26,27)/t19-/m0/s1. The molecule has 10 heteroatoms. The quantitative estimate of drug-likeness (QED) is 0.631. The molecular weight excluding hydrogens is 378 g/mol. The van der Waals surface area contributed by atoms with E-state index < -0.39 is 17.5 Å². The number of benzene rings is 1. The van der Waals surface area contributed by atoms with E-state index >= 15 is 0 Å². The van der Waals surface area contributed by atoms with Gasteiger partial charge < -0.3 is 19.4 Å². The van der Waals surface area contributed by atoms with Crippen LogP contribution >= 0.6 is 0 Å². The SMILES string of the molecule is COc1ccc2c(c1)C(=O)N(C[C@@]1(c3cc4cncnc4o3)NC(=O)NC1=O)C2. The van der Waals surface area contributed by atoms with Gasteiger partial charge in [-0.2, -0.15) is 0 Å². The third kappa shape index (κ3) is 2.53. The molecule has 2 N–H and O–H groups in total. The average molecular weight is 393 g/mol. The van der Waals surface area contributed by atoms with Crippen molar-refractivity contribution in [2.45, 2.75) is 12.1 Å². The molecule has 1 atom stereocenters. The van der Waals surface area contributed by atoms with E-state index in [1.165, 1.54) is 18.3 Å². The summed E-state index contributed by atoms with van der Waals surface area (Å²) in [6.45, 7) is 0.191. The Hall–Kier alpha value is -3.95. The molecule has 0 radical (unpaired) electrons.